The maximum Gasteiger partial charge on any atom is 0.410 e. The number of amides is 1. The summed E-state index contributed by atoms with van der Waals surface area (Å²) in [6.07, 6.45) is 10.2. The van der Waals surface area contributed by atoms with Crippen LogP contribution in [0.25, 0.3) is 0 Å². The van der Waals surface area contributed by atoms with Gasteiger partial charge >= 0.3 is 6.09 Å². The van der Waals surface area contributed by atoms with Crippen molar-refractivity contribution in [2.45, 2.75) is 70.7 Å². The number of ether oxygens (including phenoxy) is 2. The summed E-state index contributed by atoms with van der Waals surface area (Å²) in [6, 6.07) is 5.78. The molecule has 9 heteroatoms. The Morgan fingerprint density at radius 3 is 2.55 bits per heavy atom. The third-order valence-electron chi connectivity index (χ3n) is 7.20. The lowest BCUT2D eigenvalue weighted by Gasteiger charge is -2.34. The molecule has 1 aromatic heterocycles. The van der Waals surface area contributed by atoms with Gasteiger partial charge in [0.2, 0.25) is 0 Å². The summed E-state index contributed by atoms with van der Waals surface area (Å²) in [5.41, 5.74) is 0.298. The van der Waals surface area contributed by atoms with Crippen molar-refractivity contribution in [2.75, 3.05) is 26.3 Å². The quantitative estimate of drug-likeness (QED) is 0.189. The first-order valence-corrected chi connectivity index (χ1v) is 13.9. The molecule has 9 nitrogen and oxygen atoms in total. The topological polar surface area (TPSA) is 126 Å². The number of morpholine rings is 1. The Morgan fingerprint density at radius 2 is 1.93 bits per heavy atom. The fourth-order valence-corrected chi connectivity index (χ4v) is 4.40. The van der Waals surface area contributed by atoms with Crippen LogP contribution in [0.3, 0.4) is 0 Å². The fourth-order valence-electron chi connectivity index (χ4n) is 4.40. The van der Waals surface area contributed by atoms with E-state index in [2.05, 4.69) is 4.98 Å². The number of aldehydes is 2. The van der Waals surface area contributed by atoms with E-state index < -0.39 is 29.8 Å². The Labute approximate surface area is 237 Å². The van der Waals surface area contributed by atoms with Crippen LogP contribution in [0.1, 0.15) is 58.6 Å². The molecule has 1 aromatic rings. The number of aliphatic hydroxyl groups is 2. The minimum absolute atomic E-state index is 0.0388. The van der Waals surface area contributed by atoms with E-state index in [0.29, 0.717) is 32.6 Å². The van der Waals surface area contributed by atoms with Gasteiger partial charge in [-0.15, -0.1) is 0 Å². The summed E-state index contributed by atoms with van der Waals surface area (Å²) in [7, 11) is 0. The molecule has 6 atom stereocenters. The second kappa shape index (κ2) is 16.8. The van der Waals surface area contributed by atoms with Crippen LogP contribution in [-0.2, 0) is 19.1 Å². The normalized spacial score (nSPS) is 19.9. The van der Waals surface area contributed by atoms with Crippen LogP contribution in [0.2, 0.25) is 0 Å². The molecule has 2 heterocycles. The number of rotatable bonds is 15. The minimum atomic E-state index is -1.52. The number of carbonyl (C=O) groups excluding carboxylic acids is 3. The van der Waals surface area contributed by atoms with Crippen molar-refractivity contribution in [3.63, 3.8) is 0 Å². The molecule has 0 spiro atoms. The molecule has 1 amide bonds. The summed E-state index contributed by atoms with van der Waals surface area (Å²) in [6.45, 7) is 8.93. The standard InChI is InChI=1S/C31H44N2O7/c1-23(8-7-9-25(3)28-10-5-6-16-32-28)27(22-35)24(2)11-12-29(31(4,38)15-13-26(36)14-19-34)40-30(37)33-17-20-39-21-18-33/h5-12,16,19,22,24-27,29,36,38H,13-15,17-18,20-21H2,1-4H3/b9-7+,12-11+,23-8+/t24-,25-,26-,27+,29-,31-/m0/s1. The number of aromatic nitrogens is 1. The van der Waals surface area contributed by atoms with Gasteiger partial charge in [0.25, 0.3) is 0 Å². The van der Waals surface area contributed by atoms with E-state index in [0.717, 1.165) is 17.6 Å². The third kappa shape index (κ3) is 10.8. The Balaban J connectivity index is 2.16. The Morgan fingerprint density at radius 1 is 1.20 bits per heavy atom. The van der Waals surface area contributed by atoms with E-state index in [1.165, 1.54) is 11.8 Å². The molecular weight excluding hydrogens is 512 g/mol. The molecule has 0 unspecified atom stereocenters. The molecule has 1 fully saturated rings. The Hall–Kier alpha value is -3.14. The molecular formula is C31H44N2O7. The number of hydrogen-bond acceptors (Lipinski definition) is 8. The molecule has 1 saturated heterocycles. The zero-order valence-corrected chi connectivity index (χ0v) is 24.0. The number of pyridine rings is 1. The number of aliphatic hydroxyl groups excluding tert-OH is 1. The largest absolute Gasteiger partial charge is 0.439 e. The van der Waals surface area contributed by atoms with Crippen molar-refractivity contribution in [3.8, 4) is 0 Å². The third-order valence-corrected chi connectivity index (χ3v) is 7.20. The Bertz CT molecular complexity index is 1020. The predicted octanol–water partition coefficient (Wildman–Crippen LogP) is 4.01. The highest BCUT2D eigenvalue weighted by Crippen LogP contribution is 2.26. The molecule has 2 rings (SSSR count). The van der Waals surface area contributed by atoms with Crippen LogP contribution in [0.4, 0.5) is 4.79 Å². The first-order chi connectivity index (χ1) is 19.1. The lowest BCUT2D eigenvalue weighted by molar-refractivity contribution is -0.111. The van der Waals surface area contributed by atoms with Gasteiger partial charge in [-0.2, -0.15) is 0 Å². The van der Waals surface area contributed by atoms with Crippen LogP contribution < -0.4 is 0 Å². The second-order valence-corrected chi connectivity index (χ2v) is 10.6. The molecule has 2 N–H and O–H groups in total. The molecule has 40 heavy (non-hydrogen) atoms. The highest BCUT2D eigenvalue weighted by atomic mass is 16.6. The smallest absolute Gasteiger partial charge is 0.410 e. The number of hydrogen-bond donors (Lipinski definition) is 2. The lowest BCUT2D eigenvalue weighted by Crippen LogP contribution is -2.47. The zero-order valence-electron chi connectivity index (χ0n) is 24.0. The molecule has 0 saturated carbocycles. The molecule has 1 aliphatic heterocycles. The second-order valence-electron chi connectivity index (χ2n) is 10.6. The molecule has 0 bridgehead atoms. The van der Waals surface area contributed by atoms with E-state index in [1.807, 2.05) is 57.2 Å². The Kier molecular flexibility index (Phi) is 13.9. The first kappa shape index (κ1) is 33.1. The van der Waals surface area contributed by atoms with Gasteiger partial charge < -0.3 is 34.2 Å². The zero-order chi connectivity index (χ0) is 29.5. The minimum Gasteiger partial charge on any atom is -0.439 e. The van der Waals surface area contributed by atoms with Crippen molar-refractivity contribution >= 4 is 18.7 Å². The number of carbonyl (C=O) groups is 3. The van der Waals surface area contributed by atoms with Crippen LogP contribution in [0.5, 0.6) is 0 Å². The predicted molar refractivity (Wildman–Crippen MR) is 153 cm³/mol. The van der Waals surface area contributed by atoms with Gasteiger partial charge in [-0.05, 0) is 50.8 Å². The van der Waals surface area contributed by atoms with Gasteiger partial charge in [-0.25, -0.2) is 4.79 Å². The van der Waals surface area contributed by atoms with Crippen LogP contribution in [0.15, 0.2) is 60.3 Å². The SMILES string of the molecule is C/C(=C\C=C\[C@H](C)c1ccccn1)[C@@H](C=O)[C@@H](C)/C=C/[C@H](OC(=O)N1CCOCC1)[C@@](C)(O)CC[C@H](O)CC=O. The first-order valence-electron chi connectivity index (χ1n) is 13.9. The molecule has 0 radical (unpaired) electrons. The highest BCUT2D eigenvalue weighted by molar-refractivity contribution is 5.68. The van der Waals surface area contributed by atoms with Crippen LogP contribution in [0, 0.1) is 11.8 Å². The van der Waals surface area contributed by atoms with Crippen molar-refractivity contribution in [1.82, 2.24) is 9.88 Å². The monoisotopic (exact) mass is 556 g/mol. The van der Waals surface area contributed by atoms with Crippen LogP contribution in [-0.4, -0.2) is 82.9 Å². The van der Waals surface area contributed by atoms with Gasteiger partial charge in [-0.3, -0.25) is 4.98 Å². The van der Waals surface area contributed by atoms with Crippen molar-refractivity contribution < 1.29 is 34.1 Å². The summed E-state index contributed by atoms with van der Waals surface area (Å²) in [5, 5.41) is 21.2. The summed E-state index contributed by atoms with van der Waals surface area (Å²) in [5.74, 6) is -0.566. The van der Waals surface area contributed by atoms with E-state index in [9.17, 15) is 24.6 Å². The van der Waals surface area contributed by atoms with Crippen molar-refractivity contribution in [3.05, 3.63) is 66.0 Å². The average molecular weight is 557 g/mol. The lowest BCUT2D eigenvalue weighted by atomic mass is 9.86. The summed E-state index contributed by atoms with van der Waals surface area (Å²) >= 11 is 0. The van der Waals surface area contributed by atoms with Crippen LogP contribution >= 0.6 is 0 Å². The van der Waals surface area contributed by atoms with E-state index in [4.69, 9.17) is 9.47 Å². The molecule has 1 aliphatic rings. The van der Waals surface area contributed by atoms with Gasteiger partial charge in [0.15, 0.2) is 6.10 Å². The van der Waals surface area contributed by atoms with Crippen molar-refractivity contribution in [1.29, 1.82) is 0 Å². The number of allylic oxidation sites excluding steroid dienone is 5. The maximum atomic E-state index is 12.8. The average Bonchev–Trinajstić information content (AvgIpc) is 2.95. The molecule has 220 valence electrons. The van der Waals surface area contributed by atoms with E-state index >= 15 is 0 Å². The van der Waals surface area contributed by atoms with Crippen molar-refractivity contribution in [2.24, 2.45) is 11.8 Å². The molecule has 0 aromatic carbocycles. The van der Waals surface area contributed by atoms with E-state index in [-0.39, 0.29) is 31.1 Å². The fraction of sp³-hybridized carbons (Fsp3) is 0.548. The van der Waals surface area contributed by atoms with Gasteiger partial charge in [0, 0.05) is 43.2 Å². The highest BCUT2D eigenvalue weighted by Gasteiger charge is 2.35. The van der Waals surface area contributed by atoms with Gasteiger partial charge in [0.1, 0.15) is 18.2 Å². The van der Waals surface area contributed by atoms with Gasteiger partial charge in [-0.1, -0.05) is 49.8 Å². The summed E-state index contributed by atoms with van der Waals surface area (Å²) in [4.78, 5) is 41.5. The molecule has 0 aliphatic carbocycles. The van der Waals surface area contributed by atoms with E-state index in [1.54, 1.807) is 18.3 Å². The summed E-state index contributed by atoms with van der Waals surface area (Å²) < 4.78 is 11.0. The maximum absolute atomic E-state index is 12.8. The number of nitrogens with zero attached hydrogens (tertiary/aromatic N) is 2. The van der Waals surface area contributed by atoms with Gasteiger partial charge in [0.05, 0.1) is 19.3 Å².